The Hall–Kier alpha value is -2.94. The molecule has 24 heavy (non-hydrogen) atoms. The van der Waals surface area contributed by atoms with Crippen molar-refractivity contribution in [2.45, 2.75) is 0 Å². The second kappa shape index (κ2) is 8.06. The van der Waals surface area contributed by atoms with Crippen LogP contribution in [0.5, 0.6) is 11.5 Å². The zero-order valence-electron chi connectivity index (χ0n) is 12.2. The van der Waals surface area contributed by atoms with Gasteiger partial charge in [-0.1, -0.05) is 28.1 Å². The van der Waals surface area contributed by atoms with E-state index in [9.17, 15) is 20.0 Å². The van der Waals surface area contributed by atoms with E-state index in [-0.39, 0.29) is 12.2 Å². The number of ether oxygens (including phenoxy) is 1. The predicted octanol–water partition coefficient (Wildman–Crippen LogP) is 2.59. The van der Waals surface area contributed by atoms with Crippen LogP contribution in [0.25, 0.3) is 0 Å². The molecule has 0 saturated carbocycles. The molecule has 0 bridgehead atoms. The lowest BCUT2D eigenvalue weighted by Crippen LogP contribution is -2.24. The molecule has 2 aromatic rings. The van der Waals surface area contributed by atoms with Gasteiger partial charge in [-0.2, -0.15) is 5.10 Å². The molecule has 0 radical (unpaired) electrons. The van der Waals surface area contributed by atoms with Crippen molar-refractivity contribution in [2.24, 2.45) is 5.10 Å². The van der Waals surface area contributed by atoms with Crippen LogP contribution in [0.3, 0.4) is 0 Å². The molecule has 0 aliphatic carbocycles. The summed E-state index contributed by atoms with van der Waals surface area (Å²) >= 11 is 3.28. The molecule has 0 heterocycles. The Morgan fingerprint density at radius 3 is 2.83 bits per heavy atom. The first-order valence-electron chi connectivity index (χ1n) is 6.64. The van der Waals surface area contributed by atoms with Gasteiger partial charge in [-0.15, -0.1) is 0 Å². The molecule has 8 nitrogen and oxygen atoms in total. The lowest BCUT2D eigenvalue weighted by molar-refractivity contribution is -0.385. The van der Waals surface area contributed by atoms with Crippen LogP contribution in [0.15, 0.2) is 52.0 Å². The SMILES string of the molecule is O=C(COc1cccc(Br)c1)N/N=C/c1cccc([N+](=O)[O-])c1O. The van der Waals surface area contributed by atoms with E-state index in [2.05, 4.69) is 26.5 Å². The van der Waals surface area contributed by atoms with Crippen molar-refractivity contribution in [3.8, 4) is 11.5 Å². The van der Waals surface area contributed by atoms with Crippen LogP contribution in [0.2, 0.25) is 0 Å². The molecule has 2 N–H and O–H groups in total. The van der Waals surface area contributed by atoms with Crippen LogP contribution in [0.1, 0.15) is 5.56 Å². The number of carbonyl (C=O) groups is 1. The largest absolute Gasteiger partial charge is 0.502 e. The second-order valence-corrected chi connectivity index (χ2v) is 5.43. The van der Waals surface area contributed by atoms with E-state index in [0.717, 1.165) is 16.8 Å². The minimum absolute atomic E-state index is 0.109. The molecule has 0 spiro atoms. The summed E-state index contributed by atoms with van der Waals surface area (Å²) in [7, 11) is 0. The molecule has 0 aliphatic heterocycles. The van der Waals surface area contributed by atoms with Gasteiger partial charge in [-0.25, -0.2) is 5.43 Å². The zero-order chi connectivity index (χ0) is 17.5. The fraction of sp³-hybridized carbons (Fsp3) is 0.0667. The number of rotatable bonds is 6. The van der Waals surface area contributed by atoms with Gasteiger partial charge in [-0.3, -0.25) is 14.9 Å². The van der Waals surface area contributed by atoms with E-state index in [4.69, 9.17) is 4.74 Å². The molecule has 2 aromatic carbocycles. The number of halogens is 1. The standard InChI is InChI=1S/C15H12BrN3O5/c16-11-4-2-5-12(7-11)24-9-14(20)18-17-8-10-3-1-6-13(15(10)21)19(22)23/h1-8,21H,9H2,(H,18,20)/b17-8+. The predicted molar refractivity (Wildman–Crippen MR) is 90.1 cm³/mol. The van der Waals surface area contributed by atoms with Crippen molar-refractivity contribution in [1.29, 1.82) is 0 Å². The van der Waals surface area contributed by atoms with E-state index in [1.54, 1.807) is 18.2 Å². The average molecular weight is 394 g/mol. The number of hydrazone groups is 1. The average Bonchev–Trinajstić information content (AvgIpc) is 2.54. The summed E-state index contributed by atoms with van der Waals surface area (Å²) in [5, 5.41) is 24.1. The number of nitrogens with one attached hydrogen (secondary N) is 1. The topological polar surface area (TPSA) is 114 Å². The number of carbonyl (C=O) groups excluding carboxylic acids is 1. The van der Waals surface area contributed by atoms with E-state index in [0.29, 0.717) is 5.75 Å². The number of benzene rings is 2. The number of hydrogen-bond donors (Lipinski definition) is 2. The Morgan fingerprint density at radius 1 is 1.38 bits per heavy atom. The van der Waals surface area contributed by atoms with E-state index in [1.807, 2.05) is 6.07 Å². The van der Waals surface area contributed by atoms with Gasteiger partial charge in [0.25, 0.3) is 5.91 Å². The van der Waals surface area contributed by atoms with Gasteiger partial charge in [0.1, 0.15) is 5.75 Å². The summed E-state index contributed by atoms with van der Waals surface area (Å²) in [5.41, 5.74) is 1.87. The van der Waals surface area contributed by atoms with E-state index >= 15 is 0 Å². The molecule has 2 rings (SSSR count). The highest BCUT2D eigenvalue weighted by Gasteiger charge is 2.15. The van der Waals surface area contributed by atoms with Gasteiger partial charge < -0.3 is 9.84 Å². The first kappa shape index (κ1) is 17.4. The smallest absolute Gasteiger partial charge is 0.311 e. The lowest BCUT2D eigenvalue weighted by atomic mass is 10.2. The van der Waals surface area contributed by atoms with Gasteiger partial charge in [0.2, 0.25) is 5.75 Å². The number of para-hydroxylation sites is 1. The van der Waals surface area contributed by atoms with Crippen LogP contribution in [0, 0.1) is 10.1 Å². The van der Waals surface area contributed by atoms with E-state index < -0.39 is 22.3 Å². The normalized spacial score (nSPS) is 10.5. The lowest BCUT2D eigenvalue weighted by Gasteiger charge is -2.05. The second-order valence-electron chi connectivity index (χ2n) is 4.51. The number of phenols is 1. The molecular formula is C15H12BrN3O5. The molecule has 0 aliphatic rings. The summed E-state index contributed by atoms with van der Waals surface area (Å²) in [6, 6.07) is 11.0. The molecular weight excluding hydrogens is 382 g/mol. The maximum atomic E-state index is 11.6. The maximum Gasteiger partial charge on any atom is 0.311 e. The third-order valence-electron chi connectivity index (χ3n) is 2.80. The molecule has 0 aromatic heterocycles. The van der Waals surface area contributed by atoms with Gasteiger partial charge in [0.05, 0.1) is 11.1 Å². The molecule has 0 fully saturated rings. The zero-order valence-corrected chi connectivity index (χ0v) is 13.8. The van der Waals surface area contributed by atoms with Crippen molar-refractivity contribution >= 4 is 33.7 Å². The number of nitrogens with zero attached hydrogens (tertiary/aromatic N) is 2. The Bertz CT molecular complexity index is 794. The van der Waals surface area contributed by atoms with Crippen LogP contribution < -0.4 is 10.2 Å². The monoisotopic (exact) mass is 393 g/mol. The third-order valence-corrected chi connectivity index (χ3v) is 3.29. The van der Waals surface area contributed by atoms with Crippen LogP contribution >= 0.6 is 15.9 Å². The molecule has 0 atom stereocenters. The first-order valence-corrected chi connectivity index (χ1v) is 7.43. The Labute approximate surface area is 145 Å². The van der Waals surface area contributed by atoms with Crippen LogP contribution in [-0.2, 0) is 4.79 Å². The minimum Gasteiger partial charge on any atom is -0.502 e. The quantitative estimate of drug-likeness (QED) is 0.444. The summed E-state index contributed by atoms with van der Waals surface area (Å²) in [4.78, 5) is 21.6. The number of nitro benzene ring substituents is 1. The number of amides is 1. The molecule has 9 heteroatoms. The van der Waals surface area contributed by atoms with Crippen LogP contribution in [-0.4, -0.2) is 28.8 Å². The maximum absolute atomic E-state index is 11.6. The Morgan fingerprint density at radius 2 is 2.12 bits per heavy atom. The number of nitro groups is 1. The number of phenolic OH excluding ortho intramolecular Hbond substituents is 1. The van der Waals surface area contributed by atoms with Gasteiger partial charge in [0.15, 0.2) is 6.61 Å². The number of hydrogen-bond acceptors (Lipinski definition) is 6. The minimum atomic E-state index is -0.711. The van der Waals surface area contributed by atoms with Gasteiger partial charge >= 0.3 is 5.69 Å². The summed E-state index contributed by atoms with van der Waals surface area (Å²) in [6.45, 7) is -0.255. The van der Waals surface area contributed by atoms with Crippen molar-refractivity contribution in [2.75, 3.05) is 6.61 Å². The summed E-state index contributed by atoms with van der Waals surface area (Å²) < 4.78 is 6.09. The molecule has 0 saturated heterocycles. The highest BCUT2D eigenvalue weighted by Crippen LogP contribution is 2.27. The molecule has 0 unspecified atom stereocenters. The first-order chi connectivity index (χ1) is 11.5. The van der Waals surface area contributed by atoms with Crippen LogP contribution in [0.4, 0.5) is 5.69 Å². The van der Waals surface area contributed by atoms with Crippen molar-refractivity contribution in [3.63, 3.8) is 0 Å². The highest BCUT2D eigenvalue weighted by molar-refractivity contribution is 9.10. The Kier molecular flexibility index (Phi) is 5.85. The third kappa shape index (κ3) is 4.78. The van der Waals surface area contributed by atoms with E-state index in [1.165, 1.54) is 12.1 Å². The Balaban J connectivity index is 1.91. The van der Waals surface area contributed by atoms with Gasteiger partial charge in [-0.05, 0) is 24.3 Å². The highest BCUT2D eigenvalue weighted by atomic mass is 79.9. The summed E-state index contributed by atoms with van der Waals surface area (Å²) in [6.07, 6.45) is 1.11. The van der Waals surface area contributed by atoms with Crippen molar-refractivity contribution in [1.82, 2.24) is 5.43 Å². The molecule has 1 amide bonds. The number of aromatic hydroxyl groups is 1. The fourth-order valence-corrected chi connectivity index (χ4v) is 2.09. The fourth-order valence-electron chi connectivity index (χ4n) is 1.71. The summed E-state index contributed by atoms with van der Waals surface area (Å²) in [5.74, 6) is -0.526. The molecule has 124 valence electrons. The van der Waals surface area contributed by atoms with Gasteiger partial charge in [0, 0.05) is 16.1 Å². The van der Waals surface area contributed by atoms with Crippen molar-refractivity contribution in [3.05, 3.63) is 62.6 Å². The van der Waals surface area contributed by atoms with Crippen molar-refractivity contribution < 1.29 is 19.6 Å².